The lowest BCUT2D eigenvalue weighted by Crippen LogP contribution is -2.32. The molecular weight excluding hydrogens is 465 g/mol. The summed E-state index contributed by atoms with van der Waals surface area (Å²) in [6.07, 6.45) is 5.70. The number of rotatable bonds is 11. The van der Waals surface area contributed by atoms with Gasteiger partial charge < -0.3 is 9.64 Å². The van der Waals surface area contributed by atoms with E-state index in [9.17, 15) is 21.6 Å². The summed E-state index contributed by atoms with van der Waals surface area (Å²) in [6.45, 7) is 6.94. The molecule has 1 saturated heterocycles. The zero-order valence-corrected chi connectivity index (χ0v) is 21.0. The summed E-state index contributed by atoms with van der Waals surface area (Å²) in [5.41, 5.74) is -0.745. The van der Waals surface area contributed by atoms with Crippen LogP contribution in [0.15, 0.2) is 23.1 Å². The molecule has 1 saturated carbocycles. The maximum atomic E-state index is 12.8. The van der Waals surface area contributed by atoms with Crippen LogP contribution < -0.4 is 4.72 Å². The number of unbranched alkanes of at least 4 members (excludes halogenated alkanes) is 1. The fourth-order valence-electron chi connectivity index (χ4n) is 5.01. The number of hydrogen-bond acceptors (Lipinski definition) is 4. The molecule has 0 spiro atoms. The summed E-state index contributed by atoms with van der Waals surface area (Å²) in [6, 6.07) is 2.75. The summed E-state index contributed by atoms with van der Waals surface area (Å²) in [5, 5.41) is 0. The van der Waals surface area contributed by atoms with Crippen molar-refractivity contribution >= 4 is 10.0 Å². The summed E-state index contributed by atoms with van der Waals surface area (Å²) >= 11 is 0. The Morgan fingerprint density at radius 1 is 1.03 bits per heavy atom. The van der Waals surface area contributed by atoms with Crippen LogP contribution in [0.3, 0.4) is 0 Å². The number of piperidine rings is 1. The Morgan fingerprint density at radius 3 is 2.35 bits per heavy atom. The first-order valence-corrected chi connectivity index (χ1v) is 14.1. The lowest BCUT2D eigenvalue weighted by atomic mass is 9.82. The lowest BCUT2D eigenvalue weighted by Gasteiger charge is -2.28. The van der Waals surface area contributed by atoms with Gasteiger partial charge in [0.2, 0.25) is 10.0 Å². The van der Waals surface area contributed by atoms with Crippen molar-refractivity contribution in [2.45, 2.75) is 75.8 Å². The van der Waals surface area contributed by atoms with Crippen molar-refractivity contribution in [1.29, 1.82) is 0 Å². The molecule has 2 fully saturated rings. The third-order valence-corrected chi connectivity index (χ3v) is 8.72. The molecule has 0 bridgehead atoms. The van der Waals surface area contributed by atoms with E-state index in [2.05, 4.69) is 9.62 Å². The number of aryl methyl sites for hydroxylation is 1. The number of halogens is 3. The molecule has 1 N–H and O–H groups in total. The molecule has 194 valence electrons. The zero-order valence-electron chi connectivity index (χ0n) is 20.2. The number of sulfonamides is 1. The van der Waals surface area contributed by atoms with Crippen molar-refractivity contribution in [3.8, 4) is 0 Å². The molecule has 1 aliphatic carbocycles. The number of alkyl halides is 3. The van der Waals surface area contributed by atoms with Gasteiger partial charge in [0.15, 0.2) is 0 Å². The molecule has 1 aromatic rings. The predicted molar refractivity (Wildman–Crippen MR) is 127 cm³/mol. The first-order valence-electron chi connectivity index (χ1n) is 12.6. The molecule has 1 heterocycles. The van der Waals surface area contributed by atoms with E-state index in [1.54, 1.807) is 0 Å². The minimum Gasteiger partial charge on any atom is -0.381 e. The third kappa shape index (κ3) is 8.50. The second kappa shape index (κ2) is 12.7. The highest BCUT2D eigenvalue weighted by Crippen LogP contribution is 2.32. The first-order chi connectivity index (χ1) is 16.1. The summed E-state index contributed by atoms with van der Waals surface area (Å²) in [4.78, 5) is 2.46. The minimum atomic E-state index is -4.49. The van der Waals surface area contributed by atoms with E-state index < -0.39 is 21.8 Å². The molecule has 34 heavy (non-hydrogen) atoms. The van der Waals surface area contributed by atoms with Crippen molar-refractivity contribution in [2.75, 3.05) is 39.4 Å². The zero-order chi connectivity index (χ0) is 24.6. The van der Waals surface area contributed by atoms with Crippen LogP contribution in [0.1, 0.15) is 68.9 Å². The molecule has 9 heteroatoms. The molecule has 0 aromatic heterocycles. The molecule has 1 aromatic carbocycles. The van der Waals surface area contributed by atoms with Crippen molar-refractivity contribution in [1.82, 2.24) is 9.62 Å². The maximum Gasteiger partial charge on any atom is 0.416 e. The Hall–Kier alpha value is -1.16. The number of nitrogens with zero attached hydrogens (tertiary/aromatic N) is 1. The van der Waals surface area contributed by atoms with Crippen molar-refractivity contribution in [3.05, 3.63) is 29.3 Å². The van der Waals surface area contributed by atoms with Crippen molar-refractivity contribution < 1.29 is 26.3 Å². The lowest BCUT2D eigenvalue weighted by molar-refractivity contribution is -0.137. The summed E-state index contributed by atoms with van der Waals surface area (Å²) in [7, 11) is -3.84. The van der Waals surface area contributed by atoms with E-state index in [-0.39, 0.29) is 16.4 Å². The SMILES string of the molecule is Cc1cc(C(F)(F)F)ccc1S(=O)(=O)NCC1CCC(COCCCCN2CCCCC2)CC1. The standard InChI is InChI=1S/C25H39F3N2O3S/c1-20-17-23(25(26,27)28)11-12-24(20)34(31,32)29-18-21-7-9-22(10-8-21)19-33-16-6-5-15-30-13-3-2-4-14-30/h11-12,17,21-22,29H,2-10,13-16,18-19H2,1H3. The van der Waals surface area contributed by atoms with E-state index in [1.165, 1.54) is 52.2 Å². The normalized spacial score (nSPS) is 22.7. The van der Waals surface area contributed by atoms with E-state index >= 15 is 0 Å². The molecule has 1 aliphatic heterocycles. The second-order valence-corrected chi connectivity index (χ2v) is 11.6. The Bertz CT molecular complexity index is 863. The Labute approximate surface area is 202 Å². The largest absolute Gasteiger partial charge is 0.416 e. The molecular formula is C25H39F3N2O3S. The smallest absolute Gasteiger partial charge is 0.381 e. The van der Waals surface area contributed by atoms with E-state index in [0.29, 0.717) is 12.5 Å². The highest BCUT2D eigenvalue weighted by Gasteiger charge is 2.32. The van der Waals surface area contributed by atoms with Crippen LogP contribution in [0.2, 0.25) is 0 Å². The molecule has 2 aliphatic rings. The van der Waals surface area contributed by atoms with Crippen LogP contribution in [-0.2, 0) is 20.9 Å². The molecule has 0 amide bonds. The molecule has 0 atom stereocenters. The van der Waals surface area contributed by atoms with E-state index in [0.717, 1.165) is 63.5 Å². The topological polar surface area (TPSA) is 58.6 Å². The van der Waals surface area contributed by atoms with Gasteiger partial charge in [0.25, 0.3) is 0 Å². The Balaban J connectivity index is 1.31. The van der Waals surface area contributed by atoms with Crippen LogP contribution in [0.4, 0.5) is 13.2 Å². The molecule has 3 rings (SSSR count). The van der Waals surface area contributed by atoms with Crippen LogP contribution in [0, 0.1) is 18.8 Å². The Kier molecular flexibility index (Phi) is 10.2. The number of ether oxygens (including phenoxy) is 1. The van der Waals surface area contributed by atoms with Gasteiger partial charge in [-0.1, -0.05) is 6.42 Å². The summed E-state index contributed by atoms with van der Waals surface area (Å²) < 4.78 is 72.3. The Morgan fingerprint density at radius 2 is 1.71 bits per heavy atom. The van der Waals surface area contributed by atoms with Crippen LogP contribution in [-0.4, -0.2) is 52.7 Å². The van der Waals surface area contributed by atoms with Gasteiger partial charge >= 0.3 is 6.18 Å². The minimum absolute atomic E-state index is 0.0946. The highest BCUT2D eigenvalue weighted by molar-refractivity contribution is 7.89. The van der Waals surface area contributed by atoms with Gasteiger partial charge in [0, 0.05) is 19.8 Å². The molecule has 0 unspecified atom stereocenters. The van der Waals surface area contributed by atoms with Gasteiger partial charge in [0.05, 0.1) is 10.5 Å². The van der Waals surface area contributed by atoms with Gasteiger partial charge in [0.1, 0.15) is 0 Å². The highest BCUT2D eigenvalue weighted by atomic mass is 32.2. The maximum absolute atomic E-state index is 12.8. The fourth-order valence-corrected chi connectivity index (χ4v) is 6.35. The van der Waals surface area contributed by atoms with E-state index in [1.807, 2.05) is 0 Å². The monoisotopic (exact) mass is 504 g/mol. The van der Waals surface area contributed by atoms with Crippen molar-refractivity contribution in [3.63, 3.8) is 0 Å². The van der Waals surface area contributed by atoms with Gasteiger partial charge in [-0.2, -0.15) is 13.2 Å². The van der Waals surface area contributed by atoms with E-state index in [4.69, 9.17) is 4.74 Å². The van der Waals surface area contributed by atoms with Crippen LogP contribution in [0.25, 0.3) is 0 Å². The van der Waals surface area contributed by atoms with Gasteiger partial charge in [-0.3, -0.25) is 0 Å². The average molecular weight is 505 g/mol. The number of likely N-dealkylation sites (tertiary alicyclic amines) is 1. The molecule has 0 radical (unpaired) electrons. The van der Waals surface area contributed by atoms with Crippen molar-refractivity contribution in [2.24, 2.45) is 11.8 Å². The predicted octanol–water partition coefficient (Wildman–Crippen LogP) is 5.38. The number of benzene rings is 1. The quantitative estimate of drug-likeness (QED) is 0.411. The van der Waals surface area contributed by atoms with Gasteiger partial charge in [-0.15, -0.1) is 0 Å². The average Bonchev–Trinajstić information content (AvgIpc) is 2.80. The van der Waals surface area contributed by atoms with Gasteiger partial charge in [-0.05, 0) is 114 Å². The fraction of sp³-hybridized carbons (Fsp3) is 0.760. The number of hydrogen-bond donors (Lipinski definition) is 1. The summed E-state index contributed by atoms with van der Waals surface area (Å²) in [5.74, 6) is 0.762. The van der Waals surface area contributed by atoms with Crippen LogP contribution >= 0.6 is 0 Å². The second-order valence-electron chi connectivity index (χ2n) is 9.90. The number of nitrogens with one attached hydrogen (secondary N) is 1. The van der Waals surface area contributed by atoms with Crippen LogP contribution in [0.5, 0.6) is 0 Å². The first kappa shape index (κ1) is 27.4. The van der Waals surface area contributed by atoms with Gasteiger partial charge in [-0.25, -0.2) is 13.1 Å². The molecule has 5 nitrogen and oxygen atoms in total. The third-order valence-electron chi connectivity index (χ3n) is 7.14.